The fourth-order valence-electron chi connectivity index (χ4n) is 4.11. The minimum Gasteiger partial charge on any atom is -0.496 e. The molecule has 0 N–H and O–H groups in total. The molecule has 7 nitrogen and oxygen atoms in total. The summed E-state index contributed by atoms with van der Waals surface area (Å²) in [5, 5.41) is 4.21. The van der Waals surface area contributed by atoms with E-state index in [-0.39, 0.29) is 10.9 Å². The van der Waals surface area contributed by atoms with Gasteiger partial charge in [0.05, 0.1) is 24.5 Å². The molecule has 1 aromatic carbocycles. The molecule has 1 saturated heterocycles. The van der Waals surface area contributed by atoms with Gasteiger partial charge in [-0.1, -0.05) is 24.3 Å². The zero-order valence-electron chi connectivity index (χ0n) is 17.4. The fraction of sp³-hybridized carbons (Fsp3) is 0.364. The third kappa shape index (κ3) is 3.85. The molecular weight excluding hydrogens is 400 g/mol. The number of benzene rings is 1. The lowest BCUT2D eigenvalue weighted by Crippen LogP contribution is -2.31. The van der Waals surface area contributed by atoms with Gasteiger partial charge in [-0.2, -0.15) is 9.40 Å². The summed E-state index contributed by atoms with van der Waals surface area (Å²) in [6.07, 6.45) is 3.76. The number of sulfonamides is 1. The van der Waals surface area contributed by atoms with Crippen LogP contribution >= 0.6 is 0 Å². The van der Waals surface area contributed by atoms with E-state index >= 15 is 0 Å². The molecule has 1 atom stereocenters. The molecule has 0 spiro atoms. The Balaban J connectivity index is 1.64. The Kier molecular flexibility index (Phi) is 5.62. The maximum absolute atomic E-state index is 13.3. The summed E-state index contributed by atoms with van der Waals surface area (Å²) in [6, 6.07) is 13.4. The van der Waals surface area contributed by atoms with E-state index in [0.29, 0.717) is 18.7 Å². The zero-order valence-corrected chi connectivity index (χ0v) is 18.3. The van der Waals surface area contributed by atoms with Crippen LogP contribution in [-0.4, -0.2) is 41.1 Å². The first-order valence-electron chi connectivity index (χ1n) is 10.00. The third-order valence-corrected chi connectivity index (χ3v) is 7.50. The van der Waals surface area contributed by atoms with Crippen LogP contribution in [-0.2, 0) is 23.5 Å². The van der Waals surface area contributed by atoms with Gasteiger partial charge in [0.15, 0.2) is 0 Å². The number of ether oxygens (including phenoxy) is 1. The van der Waals surface area contributed by atoms with Crippen LogP contribution in [0.5, 0.6) is 5.75 Å². The molecule has 0 amide bonds. The lowest BCUT2D eigenvalue weighted by molar-refractivity contribution is 0.389. The monoisotopic (exact) mass is 426 g/mol. The Morgan fingerprint density at radius 3 is 2.70 bits per heavy atom. The molecule has 8 heteroatoms. The van der Waals surface area contributed by atoms with Crippen molar-refractivity contribution in [2.75, 3.05) is 13.7 Å². The molecular formula is C22H26N4O3S. The van der Waals surface area contributed by atoms with Crippen molar-refractivity contribution in [1.29, 1.82) is 0 Å². The van der Waals surface area contributed by atoms with Crippen molar-refractivity contribution in [3.05, 3.63) is 71.3 Å². The second-order valence-electron chi connectivity index (χ2n) is 7.57. The maximum atomic E-state index is 13.3. The van der Waals surface area contributed by atoms with E-state index in [2.05, 4.69) is 5.10 Å². The summed E-state index contributed by atoms with van der Waals surface area (Å²) in [5.41, 5.74) is 3.23. The molecule has 0 radical (unpaired) electrons. The lowest BCUT2D eigenvalue weighted by Gasteiger charge is -2.23. The Labute approximate surface area is 177 Å². The summed E-state index contributed by atoms with van der Waals surface area (Å²) in [7, 11) is -0.249. The summed E-state index contributed by atoms with van der Waals surface area (Å²) < 4.78 is 35.2. The molecule has 1 aliphatic heterocycles. The highest BCUT2D eigenvalue weighted by molar-refractivity contribution is 7.89. The molecule has 1 unspecified atom stereocenters. The molecule has 1 fully saturated rings. The number of para-hydroxylation sites is 1. The van der Waals surface area contributed by atoms with E-state index in [1.807, 2.05) is 42.5 Å². The van der Waals surface area contributed by atoms with E-state index in [4.69, 9.17) is 9.72 Å². The molecule has 0 saturated carbocycles. The highest BCUT2D eigenvalue weighted by Gasteiger charge is 2.38. The van der Waals surface area contributed by atoms with Crippen LogP contribution in [0.4, 0.5) is 0 Å². The van der Waals surface area contributed by atoms with Crippen LogP contribution in [0.3, 0.4) is 0 Å². The number of aromatic nitrogens is 3. The maximum Gasteiger partial charge on any atom is 0.247 e. The minimum absolute atomic E-state index is 0.266. The van der Waals surface area contributed by atoms with Crippen LogP contribution < -0.4 is 4.74 Å². The van der Waals surface area contributed by atoms with Crippen LogP contribution in [0.1, 0.15) is 41.5 Å². The summed E-state index contributed by atoms with van der Waals surface area (Å²) in [6.45, 7) is 2.21. The minimum atomic E-state index is -3.64. The second kappa shape index (κ2) is 8.20. The number of pyridine rings is 1. The zero-order chi connectivity index (χ0) is 21.3. The van der Waals surface area contributed by atoms with Crippen LogP contribution in [0.2, 0.25) is 0 Å². The van der Waals surface area contributed by atoms with Crippen molar-refractivity contribution in [2.24, 2.45) is 7.05 Å². The van der Waals surface area contributed by atoms with Crippen LogP contribution in [0, 0.1) is 6.92 Å². The molecule has 0 bridgehead atoms. The number of hydrogen-bond acceptors (Lipinski definition) is 5. The number of rotatable bonds is 6. The van der Waals surface area contributed by atoms with Crippen molar-refractivity contribution in [3.63, 3.8) is 0 Å². The summed E-state index contributed by atoms with van der Waals surface area (Å²) in [5.74, 6) is 0.821. The average Bonchev–Trinajstić information content (AvgIpc) is 3.36. The summed E-state index contributed by atoms with van der Waals surface area (Å²) in [4.78, 5) is 5.09. The Morgan fingerprint density at radius 1 is 1.17 bits per heavy atom. The highest BCUT2D eigenvalue weighted by Crippen LogP contribution is 2.36. The van der Waals surface area contributed by atoms with Crippen LogP contribution in [0.25, 0.3) is 0 Å². The van der Waals surface area contributed by atoms with E-state index in [1.165, 1.54) is 0 Å². The number of methoxy groups -OCH3 is 1. The molecule has 0 aliphatic carbocycles. The SMILES string of the molecule is COc1ccccc1Cc1cccc(C2CCCN2S(=O)(=O)c2cn(C)nc2C)n1. The Bertz CT molecular complexity index is 1160. The first kappa shape index (κ1) is 20.6. The van der Waals surface area contributed by atoms with E-state index in [9.17, 15) is 8.42 Å². The van der Waals surface area contributed by atoms with Gasteiger partial charge in [0.2, 0.25) is 10.0 Å². The van der Waals surface area contributed by atoms with Crippen molar-refractivity contribution in [2.45, 2.75) is 37.1 Å². The number of hydrogen-bond donors (Lipinski definition) is 0. The molecule has 3 heterocycles. The molecule has 1 aliphatic rings. The van der Waals surface area contributed by atoms with E-state index < -0.39 is 10.0 Å². The van der Waals surface area contributed by atoms with E-state index in [0.717, 1.165) is 35.5 Å². The molecule has 3 aromatic rings. The predicted molar refractivity (Wildman–Crippen MR) is 114 cm³/mol. The Hall–Kier alpha value is -2.71. The van der Waals surface area contributed by atoms with Gasteiger partial charge in [-0.25, -0.2) is 8.42 Å². The van der Waals surface area contributed by atoms with Crippen molar-refractivity contribution < 1.29 is 13.2 Å². The molecule has 4 rings (SSSR count). The van der Waals surface area contributed by atoms with Gasteiger partial charge in [0.1, 0.15) is 10.6 Å². The van der Waals surface area contributed by atoms with Gasteiger partial charge < -0.3 is 4.74 Å². The average molecular weight is 427 g/mol. The normalized spacial score (nSPS) is 17.4. The predicted octanol–water partition coefficient (Wildman–Crippen LogP) is 3.25. The number of nitrogens with zero attached hydrogens (tertiary/aromatic N) is 4. The third-order valence-electron chi connectivity index (χ3n) is 5.49. The molecule has 2 aromatic heterocycles. The largest absolute Gasteiger partial charge is 0.496 e. The van der Waals surface area contributed by atoms with Gasteiger partial charge in [0.25, 0.3) is 0 Å². The first-order chi connectivity index (χ1) is 14.4. The van der Waals surface area contributed by atoms with Gasteiger partial charge >= 0.3 is 0 Å². The van der Waals surface area contributed by atoms with Crippen molar-refractivity contribution in [1.82, 2.24) is 19.1 Å². The molecule has 30 heavy (non-hydrogen) atoms. The standard InChI is InChI=1S/C22H26N4O3S/c1-16-22(15-25(2)24-16)30(27,28)26-13-7-11-20(26)19-10-6-9-18(23-19)14-17-8-4-5-12-21(17)29-3/h4-6,8-10,12,15,20H,7,11,13-14H2,1-3H3. The second-order valence-corrected chi connectivity index (χ2v) is 9.43. The smallest absolute Gasteiger partial charge is 0.247 e. The Morgan fingerprint density at radius 2 is 1.97 bits per heavy atom. The fourth-order valence-corrected chi connectivity index (χ4v) is 5.98. The summed E-state index contributed by atoms with van der Waals surface area (Å²) >= 11 is 0. The first-order valence-corrected chi connectivity index (χ1v) is 11.4. The molecule has 158 valence electrons. The number of aryl methyl sites for hydroxylation is 2. The van der Waals surface area contributed by atoms with Gasteiger partial charge in [-0.15, -0.1) is 0 Å². The quantitative estimate of drug-likeness (QED) is 0.605. The van der Waals surface area contributed by atoms with Crippen molar-refractivity contribution >= 4 is 10.0 Å². The van der Waals surface area contributed by atoms with Gasteiger partial charge in [-0.3, -0.25) is 9.67 Å². The van der Waals surface area contributed by atoms with E-state index in [1.54, 1.807) is 36.3 Å². The lowest BCUT2D eigenvalue weighted by atomic mass is 10.1. The van der Waals surface area contributed by atoms with Gasteiger partial charge in [0, 0.05) is 37.5 Å². The van der Waals surface area contributed by atoms with Gasteiger partial charge in [-0.05, 0) is 38.0 Å². The van der Waals surface area contributed by atoms with Crippen LogP contribution in [0.15, 0.2) is 53.6 Å². The van der Waals surface area contributed by atoms with Crippen molar-refractivity contribution in [3.8, 4) is 5.75 Å². The topological polar surface area (TPSA) is 77.3 Å². The highest BCUT2D eigenvalue weighted by atomic mass is 32.2.